The molecule has 0 N–H and O–H groups in total. The molecule has 33 heavy (non-hydrogen) atoms. The highest BCUT2D eigenvalue weighted by Gasteiger charge is 2.21. The van der Waals surface area contributed by atoms with Crippen molar-refractivity contribution in [3.8, 4) is 34.0 Å². The first-order valence-corrected chi connectivity index (χ1v) is 10.9. The van der Waals surface area contributed by atoms with Crippen molar-refractivity contribution in [3.63, 3.8) is 0 Å². The molecule has 0 spiro atoms. The van der Waals surface area contributed by atoms with Gasteiger partial charge < -0.3 is 4.74 Å². The van der Waals surface area contributed by atoms with Gasteiger partial charge in [-0.25, -0.2) is 9.67 Å². The second kappa shape index (κ2) is 7.92. The van der Waals surface area contributed by atoms with Gasteiger partial charge in [0.05, 0.1) is 29.7 Å². The standard InChI is InChI=1S/C29H21N3O/c1-33-23-18-16-22(17-19-23)32-29(21-12-6-3-7-13-21)26-24-14-8-9-15-25(24)30-27(28(26)31-32)20-10-4-2-5-11-20/h2-19H,1H3. The fourth-order valence-corrected chi connectivity index (χ4v) is 4.37. The topological polar surface area (TPSA) is 39.9 Å². The van der Waals surface area contributed by atoms with E-state index in [0.717, 1.165) is 55.8 Å². The van der Waals surface area contributed by atoms with E-state index in [0.29, 0.717) is 0 Å². The summed E-state index contributed by atoms with van der Waals surface area (Å²) in [5.41, 5.74) is 6.89. The molecule has 0 aliphatic carbocycles. The minimum absolute atomic E-state index is 0.814. The fourth-order valence-electron chi connectivity index (χ4n) is 4.37. The van der Waals surface area contributed by atoms with Crippen LogP contribution in [-0.4, -0.2) is 21.9 Å². The first-order valence-electron chi connectivity index (χ1n) is 10.9. The lowest BCUT2D eigenvalue weighted by Gasteiger charge is -2.10. The first kappa shape index (κ1) is 19.3. The van der Waals surface area contributed by atoms with Crippen LogP contribution in [0.3, 0.4) is 0 Å². The summed E-state index contributed by atoms with van der Waals surface area (Å²) >= 11 is 0. The molecule has 0 aliphatic rings. The molecule has 2 aromatic heterocycles. The van der Waals surface area contributed by atoms with E-state index < -0.39 is 0 Å². The van der Waals surface area contributed by atoms with Crippen LogP contribution < -0.4 is 4.74 Å². The van der Waals surface area contributed by atoms with Crippen LogP contribution in [0.5, 0.6) is 5.75 Å². The highest BCUT2D eigenvalue weighted by atomic mass is 16.5. The van der Waals surface area contributed by atoms with Crippen LogP contribution in [0.2, 0.25) is 0 Å². The van der Waals surface area contributed by atoms with Crippen LogP contribution in [0.25, 0.3) is 50.0 Å². The Hall–Kier alpha value is -4.44. The number of ether oxygens (including phenoxy) is 1. The number of methoxy groups -OCH3 is 1. The highest BCUT2D eigenvalue weighted by Crippen LogP contribution is 2.39. The van der Waals surface area contributed by atoms with Crippen LogP contribution in [-0.2, 0) is 0 Å². The van der Waals surface area contributed by atoms with Crippen molar-refractivity contribution >= 4 is 21.8 Å². The van der Waals surface area contributed by atoms with Crippen molar-refractivity contribution in [3.05, 3.63) is 109 Å². The van der Waals surface area contributed by atoms with Crippen molar-refractivity contribution in [1.29, 1.82) is 0 Å². The van der Waals surface area contributed by atoms with Gasteiger partial charge in [0.1, 0.15) is 11.3 Å². The zero-order chi connectivity index (χ0) is 22.2. The smallest absolute Gasteiger partial charge is 0.120 e. The molecule has 4 nitrogen and oxygen atoms in total. The van der Waals surface area contributed by atoms with Gasteiger partial charge in [0.25, 0.3) is 0 Å². The molecular weight excluding hydrogens is 406 g/mol. The summed E-state index contributed by atoms with van der Waals surface area (Å²) in [5, 5.41) is 7.34. The maximum absolute atomic E-state index is 5.37. The number of rotatable bonds is 4. The normalized spacial score (nSPS) is 11.2. The number of hydrogen-bond acceptors (Lipinski definition) is 3. The van der Waals surface area contributed by atoms with Gasteiger partial charge in [-0.2, -0.15) is 5.10 Å². The first-order chi connectivity index (χ1) is 16.3. The van der Waals surface area contributed by atoms with E-state index in [1.165, 1.54) is 0 Å². The van der Waals surface area contributed by atoms with Crippen LogP contribution in [0.4, 0.5) is 0 Å². The SMILES string of the molecule is COc1ccc(-n2nc3c(-c4ccccc4)nc4ccccc4c3c2-c2ccccc2)cc1. The van der Waals surface area contributed by atoms with Gasteiger partial charge in [0, 0.05) is 21.9 Å². The molecule has 0 saturated heterocycles. The Bertz CT molecular complexity index is 1570. The van der Waals surface area contributed by atoms with Gasteiger partial charge in [-0.1, -0.05) is 78.9 Å². The molecule has 158 valence electrons. The summed E-state index contributed by atoms with van der Waals surface area (Å²) in [7, 11) is 1.68. The molecule has 0 bridgehead atoms. The molecule has 4 heteroatoms. The Labute approximate surface area is 191 Å². The van der Waals surface area contributed by atoms with E-state index >= 15 is 0 Å². The summed E-state index contributed by atoms with van der Waals surface area (Å²) in [6.07, 6.45) is 0. The summed E-state index contributed by atoms with van der Waals surface area (Å²) < 4.78 is 7.40. The molecule has 0 atom stereocenters. The fraction of sp³-hybridized carbons (Fsp3) is 0.0345. The van der Waals surface area contributed by atoms with E-state index in [-0.39, 0.29) is 0 Å². The molecule has 4 aromatic carbocycles. The third kappa shape index (κ3) is 3.24. The Kier molecular flexibility index (Phi) is 4.62. The van der Waals surface area contributed by atoms with Crippen molar-refractivity contribution in [2.75, 3.05) is 7.11 Å². The highest BCUT2D eigenvalue weighted by molar-refractivity contribution is 6.15. The number of benzene rings is 4. The minimum atomic E-state index is 0.814. The van der Waals surface area contributed by atoms with Gasteiger partial charge in [0.2, 0.25) is 0 Å². The molecule has 2 heterocycles. The molecule has 0 aliphatic heterocycles. The maximum Gasteiger partial charge on any atom is 0.120 e. The number of pyridine rings is 1. The predicted molar refractivity (Wildman–Crippen MR) is 134 cm³/mol. The quantitative estimate of drug-likeness (QED) is 0.307. The van der Waals surface area contributed by atoms with Crippen molar-refractivity contribution in [2.45, 2.75) is 0 Å². The van der Waals surface area contributed by atoms with E-state index in [4.69, 9.17) is 14.8 Å². The van der Waals surface area contributed by atoms with Gasteiger partial charge >= 0.3 is 0 Å². The summed E-state index contributed by atoms with van der Waals surface area (Å²) in [4.78, 5) is 5.05. The van der Waals surface area contributed by atoms with Gasteiger partial charge in [0.15, 0.2) is 0 Å². The van der Waals surface area contributed by atoms with Crippen LogP contribution in [0, 0.1) is 0 Å². The lowest BCUT2D eigenvalue weighted by Crippen LogP contribution is -1.99. The second-order valence-electron chi connectivity index (χ2n) is 7.89. The van der Waals surface area contributed by atoms with Gasteiger partial charge in [-0.3, -0.25) is 0 Å². The molecular formula is C29H21N3O. The van der Waals surface area contributed by atoms with Crippen molar-refractivity contribution in [1.82, 2.24) is 14.8 Å². The Morgan fingerprint density at radius 1 is 0.667 bits per heavy atom. The van der Waals surface area contributed by atoms with E-state index in [1.54, 1.807) is 7.11 Å². The number of hydrogen-bond donors (Lipinski definition) is 0. The number of aromatic nitrogens is 3. The molecule has 6 rings (SSSR count). The largest absolute Gasteiger partial charge is 0.497 e. The van der Waals surface area contributed by atoms with E-state index in [9.17, 15) is 0 Å². The lowest BCUT2D eigenvalue weighted by molar-refractivity contribution is 0.414. The third-order valence-electron chi connectivity index (χ3n) is 5.93. The average Bonchev–Trinajstić information content (AvgIpc) is 3.30. The number of nitrogens with zero attached hydrogens (tertiary/aromatic N) is 3. The Morgan fingerprint density at radius 3 is 2.00 bits per heavy atom. The Balaban J connectivity index is 1.78. The zero-order valence-electron chi connectivity index (χ0n) is 18.1. The van der Waals surface area contributed by atoms with Crippen LogP contribution in [0.1, 0.15) is 0 Å². The number of para-hydroxylation sites is 1. The third-order valence-corrected chi connectivity index (χ3v) is 5.93. The Morgan fingerprint density at radius 2 is 1.30 bits per heavy atom. The molecule has 0 unspecified atom stereocenters. The van der Waals surface area contributed by atoms with Gasteiger partial charge in [-0.05, 0) is 30.3 Å². The van der Waals surface area contributed by atoms with Crippen LogP contribution in [0.15, 0.2) is 109 Å². The molecule has 6 aromatic rings. The van der Waals surface area contributed by atoms with E-state index in [1.807, 2.05) is 59.3 Å². The van der Waals surface area contributed by atoms with Crippen molar-refractivity contribution in [2.24, 2.45) is 0 Å². The monoisotopic (exact) mass is 427 g/mol. The summed E-state index contributed by atoms with van der Waals surface area (Å²) in [5.74, 6) is 0.814. The molecule has 0 fully saturated rings. The summed E-state index contributed by atoms with van der Waals surface area (Å²) in [6.45, 7) is 0. The average molecular weight is 428 g/mol. The maximum atomic E-state index is 5.37. The summed E-state index contributed by atoms with van der Waals surface area (Å²) in [6, 6.07) is 37.0. The zero-order valence-corrected chi connectivity index (χ0v) is 18.1. The lowest BCUT2D eigenvalue weighted by atomic mass is 10.0. The molecule has 0 saturated carbocycles. The van der Waals surface area contributed by atoms with Crippen molar-refractivity contribution < 1.29 is 4.74 Å². The minimum Gasteiger partial charge on any atom is -0.497 e. The number of fused-ring (bicyclic) bond motifs is 3. The van der Waals surface area contributed by atoms with Gasteiger partial charge in [-0.15, -0.1) is 0 Å². The molecule has 0 amide bonds. The second-order valence-corrected chi connectivity index (χ2v) is 7.89. The predicted octanol–water partition coefficient (Wildman–Crippen LogP) is 6.92. The van der Waals surface area contributed by atoms with Crippen LogP contribution >= 0.6 is 0 Å². The van der Waals surface area contributed by atoms with E-state index in [2.05, 4.69) is 54.6 Å². The molecule has 0 radical (unpaired) electrons.